The molecule has 0 unspecified atom stereocenters. The zero-order valence-electron chi connectivity index (χ0n) is 15.3. The summed E-state index contributed by atoms with van der Waals surface area (Å²) in [7, 11) is 0. The van der Waals surface area contributed by atoms with Gasteiger partial charge in [-0.2, -0.15) is 0 Å². The highest BCUT2D eigenvalue weighted by atomic mass is 16.6. The third kappa shape index (κ3) is 1.47. The second-order valence-corrected chi connectivity index (χ2v) is 10.1. The van der Waals surface area contributed by atoms with Gasteiger partial charge in [0.05, 0.1) is 24.2 Å². The van der Waals surface area contributed by atoms with Gasteiger partial charge in [-0.1, -0.05) is 20.4 Å². The van der Waals surface area contributed by atoms with Crippen molar-refractivity contribution in [1.82, 2.24) is 0 Å². The van der Waals surface area contributed by atoms with Crippen molar-refractivity contribution in [3.8, 4) is 0 Å². The molecule has 2 aliphatic heterocycles. The van der Waals surface area contributed by atoms with Crippen LogP contribution in [0.5, 0.6) is 0 Å². The predicted octanol–water partition coefficient (Wildman–Crippen LogP) is 0.376. The van der Waals surface area contributed by atoms with Gasteiger partial charge in [0.25, 0.3) is 0 Å². The van der Waals surface area contributed by atoms with Crippen LogP contribution in [0.15, 0.2) is 12.2 Å². The van der Waals surface area contributed by atoms with E-state index in [1.54, 1.807) is 0 Å². The molecule has 2 saturated heterocycles. The van der Waals surface area contributed by atoms with Crippen molar-refractivity contribution in [3.05, 3.63) is 12.2 Å². The minimum Gasteiger partial charge on any atom is -0.393 e. The van der Waals surface area contributed by atoms with Crippen molar-refractivity contribution < 1.29 is 30.0 Å². The third-order valence-corrected chi connectivity index (χ3v) is 8.78. The van der Waals surface area contributed by atoms with Crippen LogP contribution in [0.2, 0.25) is 0 Å². The molecule has 26 heavy (non-hydrogen) atoms. The van der Waals surface area contributed by atoms with Crippen molar-refractivity contribution in [2.24, 2.45) is 34.0 Å². The highest BCUT2D eigenvalue weighted by molar-refractivity contribution is 6.04. The number of carbonyl (C=O) groups excluding carboxylic acids is 1. The van der Waals surface area contributed by atoms with E-state index in [0.29, 0.717) is 31.3 Å². The number of carbonyl (C=O) groups is 1. The Morgan fingerprint density at radius 3 is 2.58 bits per heavy atom. The van der Waals surface area contributed by atoms with Crippen molar-refractivity contribution >= 4 is 5.78 Å². The number of fused-ring (bicyclic) bond motifs is 2. The molecule has 2 spiro atoms. The van der Waals surface area contributed by atoms with Gasteiger partial charge in [-0.3, -0.25) is 4.79 Å². The number of hydrogen-bond donors (Lipinski definition) is 4. The summed E-state index contributed by atoms with van der Waals surface area (Å²) in [5, 5.41) is 45.1. The molecule has 0 radical (unpaired) electrons. The predicted molar refractivity (Wildman–Crippen MR) is 90.7 cm³/mol. The molecule has 144 valence electrons. The Bertz CT molecular complexity index is 717. The average molecular weight is 364 g/mol. The number of ketones is 1. The van der Waals surface area contributed by atoms with E-state index in [4.69, 9.17) is 4.74 Å². The summed E-state index contributed by atoms with van der Waals surface area (Å²) < 4.78 is 5.83. The standard InChI is InChI=1S/C20H28O6/c1-9-10-6-11(21)13-18-8-26-20(25,19(13,7-10)15(9)23)16(24)14(18)17(2,3)5-4-12(18)22/h10-14,16,21-22,24-25H,1,4-8H2,2-3H3/t10-,11-,12+,13+,14-,16+,18+,19+,20+/m1/s1. The highest BCUT2D eigenvalue weighted by Crippen LogP contribution is 2.76. The second kappa shape index (κ2) is 4.61. The van der Waals surface area contributed by atoms with Crippen molar-refractivity contribution in [2.45, 2.75) is 63.6 Å². The number of aliphatic hydroxyl groups excluding tert-OH is 3. The van der Waals surface area contributed by atoms with Crippen molar-refractivity contribution in [1.29, 1.82) is 0 Å². The minimum atomic E-state index is -2.05. The van der Waals surface area contributed by atoms with Gasteiger partial charge in [-0.05, 0) is 42.6 Å². The maximum absolute atomic E-state index is 13.3. The molecule has 6 rings (SSSR count). The van der Waals surface area contributed by atoms with Crippen LogP contribution in [-0.4, -0.2) is 56.9 Å². The molecule has 4 saturated carbocycles. The quantitative estimate of drug-likeness (QED) is 0.463. The van der Waals surface area contributed by atoms with Gasteiger partial charge in [0.2, 0.25) is 5.79 Å². The van der Waals surface area contributed by atoms with Crippen molar-refractivity contribution in [3.63, 3.8) is 0 Å². The first-order valence-electron chi connectivity index (χ1n) is 9.68. The summed E-state index contributed by atoms with van der Waals surface area (Å²) in [6, 6.07) is 0. The van der Waals surface area contributed by atoms with Crippen LogP contribution in [0.4, 0.5) is 0 Å². The smallest absolute Gasteiger partial charge is 0.205 e. The highest BCUT2D eigenvalue weighted by Gasteiger charge is 2.85. The summed E-state index contributed by atoms with van der Waals surface area (Å²) >= 11 is 0. The molecule has 6 heteroatoms. The Balaban J connectivity index is 1.81. The molecule has 4 aliphatic carbocycles. The lowest BCUT2D eigenvalue weighted by Gasteiger charge is -2.74. The lowest BCUT2D eigenvalue weighted by atomic mass is 9.35. The molecule has 4 N–H and O–H groups in total. The minimum absolute atomic E-state index is 0.0454. The van der Waals surface area contributed by atoms with E-state index in [-0.39, 0.29) is 23.7 Å². The van der Waals surface area contributed by atoms with Crippen LogP contribution >= 0.6 is 0 Å². The number of Topliss-reactive ketones (excluding diaryl/α,β-unsaturated/α-hetero) is 1. The first-order chi connectivity index (χ1) is 12.0. The molecule has 0 amide bonds. The third-order valence-electron chi connectivity index (χ3n) is 8.78. The normalized spacial score (nSPS) is 59.9. The van der Waals surface area contributed by atoms with E-state index in [2.05, 4.69) is 6.58 Å². The molecule has 6 fully saturated rings. The molecule has 0 aromatic rings. The Labute approximate surface area is 152 Å². The van der Waals surface area contributed by atoms with Crippen LogP contribution < -0.4 is 0 Å². The Hall–Kier alpha value is -0.790. The average Bonchev–Trinajstić information content (AvgIpc) is 2.76. The Morgan fingerprint density at radius 2 is 1.88 bits per heavy atom. The lowest BCUT2D eigenvalue weighted by Crippen LogP contribution is -2.85. The van der Waals surface area contributed by atoms with Gasteiger partial charge in [0.1, 0.15) is 6.10 Å². The van der Waals surface area contributed by atoms with E-state index in [0.717, 1.165) is 0 Å². The maximum atomic E-state index is 13.3. The first kappa shape index (κ1) is 17.3. The second-order valence-electron chi connectivity index (χ2n) is 10.1. The van der Waals surface area contributed by atoms with Gasteiger partial charge >= 0.3 is 0 Å². The number of hydrogen-bond acceptors (Lipinski definition) is 6. The lowest BCUT2D eigenvalue weighted by molar-refractivity contribution is -0.455. The topological polar surface area (TPSA) is 107 Å². The van der Waals surface area contributed by atoms with Gasteiger partial charge in [-0.25, -0.2) is 0 Å². The molecule has 0 aromatic heterocycles. The molecular weight excluding hydrogens is 336 g/mol. The Kier molecular flexibility index (Phi) is 3.07. The van der Waals surface area contributed by atoms with Gasteiger partial charge in [0.15, 0.2) is 5.78 Å². The molecule has 4 bridgehead atoms. The largest absolute Gasteiger partial charge is 0.393 e. The van der Waals surface area contributed by atoms with E-state index in [9.17, 15) is 25.2 Å². The number of allylic oxidation sites excluding steroid dienone is 1. The number of aliphatic hydroxyl groups is 4. The molecule has 6 aliphatic rings. The molecule has 0 aromatic carbocycles. The van der Waals surface area contributed by atoms with Crippen LogP contribution in [0.3, 0.4) is 0 Å². The Morgan fingerprint density at radius 1 is 1.19 bits per heavy atom. The van der Waals surface area contributed by atoms with Crippen LogP contribution in [0, 0.1) is 34.0 Å². The van der Waals surface area contributed by atoms with Crippen LogP contribution in [-0.2, 0) is 9.53 Å². The summed E-state index contributed by atoms with van der Waals surface area (Å²) in [4.78, 5) is 13.3. The molecule has 9 atom stereocenters. The summed E-state index contributed by atoms with van der Waals surface area (Å²) in [6.07, 6.45) is -0.978. The van der Waals surface area contributed by atoms with Gasteiger partial charge in [0, 0.05) is 17.3 Å². The van der Waals surface area contributed by atoms with E-state index >= 15 is 0 Å². The first-order valence-corrected chi connectivity index (χ1v) is 9.68. The van der Waals surface area contributed by atoms with E-state index in [1.165, 1.54) is 0 Å². The van der Waals surface area contributed by atoms with Crippen LogP contribution in [0.1, 0.15) is 39.5 Å². The molecule has 2 heterocycles. The van der Waals surface area contributed by atoms with Gasteiger partial charge < -0.3 is 25.2 Å². The monoisotopic (exact) mass is 364 g/mol. The summed E-state index contributed by atoms with van der Waals surface area (Å²) in [6.45, 7) is 8.01. The van der Waals surface area contributed by atoms with Crippen molar-refractivity contribution in [2.75, 3.05) is 6.61 Å². The number of rotatable bonds is 0. The zero-order chi connectivity index (χ0) is 18.9. The SMILES string of the molecule is C=C1C(=O)[C@]23C[C@H]1C[C@@H](O)[C@H]2[C@@]12CO[C@@]3(O)[C@@H](O)[C@@H]1C(C)(C)CC[C@@H]2O. The van der Waals surface area contributed by atoms with E-state index in [1.807, 2.05) is 13.8 Å². The summed E-state index contributed by atoms with van der Waals surface area (Å²) in [5.41, 5.74) is -2.32. The fraction of sp³-hybridized carbons (Fsp3) is 0.850. The van der Waals surface area contributed by atoms with Crippen LogP contribution in [0.25, 0.3) is 0 Å². The maximum Gasteiger partial charge on any atom is 0.205 e. The molecule has 6 nitrogen and oxygen atoms in total. The number of ether oxygens (including phenoxy) is 1. The zero-order valence-corrected chi connectivity index (χ0v) is 15.3. The fourth-order valence-electron chi connectivity index (χ4n) is 7.88. The summed E-state index contributed by atoms with van der Waals surface area (Å²) in [5.74, 6) is -3.66. The molecular formula is C20H28O6. The van der Waals surface area contributed by atoms with E-state index < -0.39 is 46.8 Å². The fourth-order valence-corrected chi connectivity index (χ4v) is 7.88. The van der Waals surface area contributed by atoms with Gasteiger partial charge in [-0.15, -0.1) is 0 Å².